The third-order valence-electron chi connectivity index (χ3n) is 5.04. The molecule has 0 atom stereocenters. The summed E-state index contributed by atoms with van der Waals surface area (Å²) >= 11 is 0. The summed E-state index contributed by atoms with van der Waals surface area (Å²) in [4.78, 5) is 16.9. The Balaban J connectivity index is 1.61. The molecule has 0 saturated heterocycles. The minimum Gasteiger partial charge on any atom is -0.486 e. The normalized spacial score (nSPS) is 10.9. The lowest BCUT2D eigenvalue weighted by Gasteiger charge is -2.15. The van der Waals surface area contributed by atoms with Gasteiger partial charge in [-0.15, -0.1) is 0 Å². The van der Waals surface area contributed by atoms with E-state index >= 15 is 0 Å². The van der Waals surface area contributed by atoms with E-state index in [1.807, 2.05) is 44.2 Å². The van der Waals surface area contributed by atoms with Crippen molar-refractivity contribution in [1.82, 2.24) is 24.8 Å². The molecule has 0 saturated carbocycles. The van der Waals surface area contributed by atoms with Gasteiger partial charge in [0.25, 0.3) is 0 Å². The van der Waals surface area contributed by atoms with Gasteiger partial charge in [-0.05, 0) is 72.2 Å². The third-order valence-corrected chi connectivity index (χ3v) is 5.04. The number of ether oxygens (including phenoxy) is 1. The minimum absolute atomic E-state index is 0.323. The summed E-state index contributed by atoms with van der Waals surface area (Å²) in [6.45, 7) is 6.37. The van der Waals surface area contributed by atoms with Crippen molar-refractivity contribution in [3.63, 3.8) is 0 Å². The van der Waals surface area contributed by atoms with Gasteiger partial charge in [0.2, 0.25) is 0 Å². The highest BCUT2D eigenvalue weighted by molar-refractivity contribution is 5.61. The third kappa shape index (κ3) is 3.74. The highest BCUT2D eigenvalue weighted by Gasteiger charge is 2.15. The van der Waals surface area contributed by atoms with Crippen LogP contribution in [0.2, 0.25) is 0 Å². The van der Waals surface area contributed by atoms with Crippen LogP contribution in [0, 0.1) is 20.8 Å². The van der Waals surface area contributed by atoms with Crippen LogP contribution in [0.5, 0.6) is 5.75 Å². The van der Waals surface area contributed by atoms with Crippen LogP contribution in [0.3, 0.4) is 0 Å². The first-order valence-corrected chi connectivity index (χ1v) is 9.69. The predicted octanol–water partition coefficient (Wildman–Crippen LogP) is 3.53. The summed E-state index contributed by atoms with van der Waals surface area (Å²) in [5.74, 6) is 0.615. The largest absolute Gasteiger partial charge is 0.486 e. The topological polar surface area (TPSA) is 74.8 Å². The number of aryl methyl sites for hydroxylation is 4. The molecule has 30 heavy (non-hydrogen) atoms. The Morgan fingerprint density at radius 1 is 0.933 bits per heavy atom. The number of para-hydroxylation sites is 1. The van der Waals surface area contributed by atoms with Gasteiger partial charge in [0.1, 0.15) is 18.0 Å². The fourth-order valence-electron chi connectivity index (χ4n) is 3.33. The van der Waals surface area contributed by atoms with Crippen molar-refractivity contribution in [2.24, 2.45) is 7.05 Å². The quantitative estimate of drug-likeness (QED) is 0.511. The zero-order valence-electron chi connectivity index (χ0n) is 17.5. The Morgan fingerprint density at radius 3 is 2.43 bits per heavy atom. The van der Waals surface area contributed by atoms with Gasteiger partial charge in [0, 0.05) is 18.3 Å². The average Bonchev–Trinajstić information content (AvgIpc) is 3.06. The molecular weight excluding hydrogens is 378 g/mol. The maximum absolute atomic E-state index is 12.3. The number of tetrazole rings is 1. The standard InChI is InChI=1S/C23H23N5O2/c1-15-7-5-10-21(28-23(29)27(4)25-26-28)22(15)30-14-19-12-11-18(13-16(19)2)20-9-6-8-17(3)24-20/h5-13H,14H2,1-4H3. The Kier molecular flexibility index (Phi) is 5.18. The molecule has 7 nitrogen and oxygen atoms in total. The molecule has 0 aliphatic heterocycles. The number of hydrogen-bond donors (Lipinski definition) is 0. The summed E-state index contributed by atoms with van der Waals surface area (Å²) in [6.07, 6.45) is 0. The van der Waals surface area contributed by atoms with Gasteiger partial charge in [0.05, 0.1) is 5.69 Å². The monoisotopic (exact) mass is 401 g/mol. The summed E-state index contributed by atoms with van der Waals surface area (Å²) < 4.78 is 8.61. The second-order valence-electron chi connectivity index (χ2n) is 7.31. The number of pyridine rings is 1. The Morgan fingerprint density at radius 2 is 1.73 bits per heavy atom. The number of rotatable bonds is 5. The molecule has 4 aromatic rings. The molecule has 0 radical (unpaired) electrons. The van der Waals surface area contributed by atoms with Crippen molar-refractivity contribution in [1.29, 1.82) is 0 Å². The molecule has 2 aromatic carbocycles. The van der Waals surface area contributed by atoms with Crippen LogP contribution in [-0.4, -0.2) is 24.8 Å². The van der Waals surface area contributed by atoms with Crippen LogP contribution >= 0.6 is 0 Å². The molecule has 0 aliphatic rings. The van der Waals surface area contributed by atoms with E-state index in [2.05, 4.69) is 40.5 Å². The minimum atomic E-state index is -0.323. The van der Waals surface area contributed by atoms with E-state index in [1.165, 1.54) is 9.36 Å². The van der Waals surface area contributed by atoms with Crippen LogP contribution < -0.4 is 10.4 Å². The molecule has 0 unspecified atom stereocenters. The molecule has 2 heterocycles. The fourth-order valence-corrected chi connectivity index (χ4v) is 3.33. The molecule has 2 aromatic heterocycles. The lowest BCUT2D eigenvalue weighted by Crippen LogP contribution is -2.22. The Hall–Kier alpha value is -3.74. The first-order chi connectivity index (χ1) is 14.4. The van der Waals surface area contributed by atoms with E-state index < -0.39 is 0 Å². The molecule has 7 heteroatoms. The van der Waals surface area contributed by atoms with Gasteiger partial charge < -0.3 is 4.74 Å². The molecule has 0 spiro atoms. The van der Waals surface area contributed by atoms with Gasteiger partial charge in [-0.2, -0.15) is 9.36 Å². The molecule has 4 rings (SSSR count). The van der Waals surface area contributed by atoms with Gasteiger partial charge in [-0.3, -0.25) is 4.98 Å². The number of benzene rings is 2. The highest BCUT2D eigenvalue weighted by atomic mass is 16.5. The second kappa shape index (κ2) is 7.94. The van der Waals surface area contributed by atoms with Crippen molar-refractivity contribution in [2.45, 2.75) is 27.4 Å². The second-order valence-corrected chi connectivity index (χ2v) is 7.31. The molecule has 0 amide bonds. The smallest absolute Gasteiger partial charge is 0.368 e. The van der Waals surface area contributed by atoms with Gasteiger partial charge in [-0.25, -0.2) is 4.79 Å². The van der Waals surface area contributed by atoms with Gasteiger partial charge >= 0.3 is 5.69 Å². The van der Waals surface area contributed by atoms with Crippen molar-refractivity contribution in [2.75, 3.05) is 0 Å². The SMILES string of the molecule is Cc1cccc(-c2ccc(COc3c(C)cccc3-n3nnn(C)c3=O)c(C)c2)n1. The van der Waals surface area contributed by atoms with Crippen LogP contribution in [0.25, 0.3) is 16.9 Å². The van der Waals surface area contributed by atoms with Crippen molar-refractivity contribution in [3.8, 4) is 22.7 Å². The van der Waals surface area contributed by atoms with E-state index in [-0.39, 0.29) is 5.69 Å². The number of aromatic nitrogens is 5. The highest BCUT2D eigenvalue weighted by Crippen LogP contribution is 2.28. The summed E-state index contributed by atoms with van der Waals surface area (Å²) in [6, 6.07) is 17.9. The summed E-state index contributed by atoms with van der Waals surface area (Å²) in [7, 11) is 1.57. The fraction of sp³-hybridized carbons (Fsp3) is 0.217. The number of hydrogen-bond acceptors (Lipinski definition) is 5. The molecule has 0 N–H and O–H groups in total. The van der Waals surface area contributed by atoms with Crippen LogP contribution in [-0.2, 0) is 13.7 Å². The van der Waals surface area contributed by atoms with E-state index in [4.69, 9.17) is 4.74 Å². The van der Waals surface area contributed by atoms with Crippen LogP contribution in [0.4, 0.5) is 0 Å². The van der Waals surface area contributed by atoms with E-state index in [0.717, 1.165) is 33.6 Å². The van der Waals surface area contributed by atoms with Gasteiger partial charge in [-0.1, -0.05) is 30.3 Å². The molecule has 152 valence electrons. The zero-order valence-corrected chi connectivity index (χ0v) is 17.5. The predicted molar refractivity (Wildman–Crippen MR) is 115 cm³/mol. The molecular formula is C23H23N5O2. The van der Waals surface area contributed by atoms with E-state index in [0.29, 0.717) is 18.0 Å². The lowest BCUT2D eigenvalue weighted by atomic mass is 10.0. The van der Waals surface area contributed by atoms with Gasteiger partial charge in [0.15, 0.2) is 0 Å². The maximum atomic E-state index is 12.3. The van der Waals surface area contributed by atoms with Crippen LogP contribution in [0.15, 0.2) is 59.4 Å². The summed E-state index contributed by atoms with van der Waals surface area (Å²) in [5, 5.41) is 7.74. The van der Waals surface area contributed by atoms with Crippen molar-refractivity contribution in [3.05, 3.63) is 87.5 Å². The van der Waals surface area contributed by atoms with Crippen molar-refractivity contribution >= 4 is 0 Å². The first-order valence-electron chi connectivity index (χ1n) is 9.69. The maximum Gasteiger partial charge on any atom is 0.368 e. The Labute approximate surface area is 174 Å². The molecule has 0 fully saturated rings. The van der Waals surface area contributed by atoms with Crippen LogP contribution in [0.1, 0.15) is 22.4 Å². The Bertz CT molecular complexity index is 1270. The number of nitrogens with zero attached hydrogens (tertiary/aromatic N) is 5. The van der Waals surface area contributed by atoms with E-state index in [1.54, 1.807) is 13.1 Å². The zero-order chi connectivity index (χ0) is 21.3. The van der Waals surface area contributed by atoms with Crippen molar-refractivity contribution < 1.29 is 4.74 Å². The van der Waals surface area contributed by atoms with E-state index in [9.17, 15) is 4.79 Å². The first kappa shape index (κ1) is 19.6. The average molecular weight is 401 g/mol. The molecule has 0 aliphatic carbocycles. The molecule has 0 bridgehead atoms. The lowest BCUT2D eigenvalue weighted by molar-refractivity contribution is 0.301. The summed E-state index contributed by atoms with van der Waals surface area (Å²) in [5.41, 5.74) is 6.36.